The van der Waals surface area contributed by atoms with Gasteiger partial charge in [0.25, 0.3) is 6.47 Å². The van der Waals surface area contributed by atoms with E-state index in [0.717, 1.165) is 16.5 Å². The third kappa shape index (κ3) is 3.77. The van der Waals surface area contributed by atoms with Crippen molar-refractivity contribution in [2.75, 3.05) is 12.8 Å². The molecule has 4 N–H and O–H groups in total. The Kier molecular flexibility index (Phi) is 5.94. The Morgan fingerprint density at radius 3 is 2.67 bits per heavy atom. The van der Waals surface area contributed by atoms with Gasteiger partial charge in [-0.3, -0.25) is 4.79 Å². The minimum Gasteiger partial charge on any atom is -0.494 e. The van der Waals surface area contributed by atoms with Gasteiger partial charge in [0, 0.05) is 28.2 Å². The molecule has 0 amide bonds. The van der Waals surface area contributed by atoms with Gasteiger partial charge >= 0.3 is 0 Å². The van der Waals surface area contributed by atoms with Gasteiger partial charge in [-0.1, -0.05) is 12.1 Å². The molecular weight excluding hydrogens is 387 g/mol. The number of hydrogen-bond donors (Lipinski definition) is 3. The molecule has 0 atom stereocenters. The summed E-state index contributed by atoms with van der Waals surface area (Å²) < 4.78 is 19.1. The highest BCUT2D eigenvalue weighted by atomic mass is 19.1. The Hall–Kier alpha value is -4.38. The van der Waals surface area contributed by atoms with Gasteiger partial charge in [0.05, 0.1) is 12.8 Å². The molecule has 0 bridgehead atoms. The molecule has 0 aliphatic rings. The second kappa shape index (κ2) is 8.75. The van der Waals surface area contributed by atoms with Gasteiger partial charge < -0.3 is 20.6 Å². The summed E-state index contributed by atoms with van der Waals surface area (Å²) in [5, 5.41) is 17.5. The lowest BCUT2D eigenvalue weighted by molar-refractivity contribution is -0.122. The summed E-state index contributed by atoms with van der Waals surface area (Å²) in [5.74, 6) is -0.236. The number of carboxylic acid groups (broad SMARTS) is 1. The summed E-state index contributed by atoms with van der Waals surface area (Å²) in [6.07, 6.45) is 1.84. The average Bonchev–Trinajstić information content (AvgIpc) is 3.22. The van der Waals surface area contributed by atoms with Crippen LogP contribution in [0.3, 0.4) is 0 Å². The lowest BCUT2D eigenvalue weighted by Crippen LogP contribution is -2.00. The van der Waals surface area contributed by atoms with E-state index in [4.69, 9.17) is 20.4 Å². The number of anilines is 1. The molecule has 4 aromatic rings. The molecule has 0 unspecified atom stereocenters. The number of nitrogens with zero attached hydrogens (tertiary/aromatic N) is 2. The predicted molar refractivity (Wildman–Crippen MR) is 111 cm³/mol. The predicted octanol–water partition coefficient (Wildman–Crippen LogP) is 4.20. The fourth-order valence-corrected chi connectivity index (χ4v) is 3.19. The Morgan fingerprint density at radius 1 is 1.23 bits per heavy atom. The topological polar surface area (TPSA) is 125 Å². The summed E-state index contributed by atoms with van der Waals surface area (Å²) >= 11 is 0. The molecule has 0 aliphatic heterocycles. The van der Waals surface area contributed by atoms with Crippen molar-refractivity contribution in [3.8, 4) is 34.2 Å². The third-order valence-electron chi connectivity index (χ3n) is 4.49. The van der Waals surface area contributed by atoms with E-state index in [2.05, 4.69) is 16.0 Å². The molecule has 8 heteroatoms. The number of aromatic nitrogens is 2. The van der Waals surface area contributed by atoms with Crippen molar-refractivity contribution in [1.29, 1.82) is 5.26 Å². The number of carbonyl (C=O) groups is 1. The highest BCUT2D eigenvalue weighted by Gasteiger charge is 2.16. The number of rotatable bonds is 3. The molecule has 0 saturated heterocycles. The van der Waals surface area contributed by atoms with Crippen LogP contribution in [0.15, 0.2) is 54.7 Å². The SMILES string of the molecule is COc1ccc(-c2cc(-c3cccc4[nH]ccc34)c(C#N)c(N)n2)cc1F.O=CO. The first-order valence-electron chi connectivity index (χ1n) is 8.72. The number of aromatic amines is 1. The fourth-order valence-electron chi connectivity index (χ4n) is 3.19. The van der Waals surface area contributed by atoms with Crippen LogP contribution in [0.5, 0.6) is 5.75 Å². The van der Waals surface area contributed by atoms with Crippen LogP contribution >= 0.6 is 0 Å². The van der Waals surface area contributed by atoms with Gasteiger partial charge in [-0.2, -0.15) is 5.26 Å². The zero-order chi connectivity index (χ0) is 21.7. The molecule has 150 valence electrons. The molecule has 0 fully saturated rings. The molecule has 0 aliphatic carbocycles. The Bertz CT molecular complexity index is 1260. The molecule has 0 radical (unpaired) electrons. The van der Waals surface area contributed by atoms with Crippen molar-refractivity contribution in [3.63, 3.8) is 0 Å². The van der Waals surface area contributed by atoms with Crippen LogP contribution in [-0.2, 0) is 4.79 Å². The van der Waals surface area contributed by atoms with Crippen LogP contribution < -0.4 is 10.5 Å². The molecule has 7 nitrogen and oxygen atoms in total. The van der Waals surface area contributed by atoms with Crippen LogP contribution in [0.2, 0.25) is 0 Å². The highest BCUT2D eigenvalue weighted by molar-refractivity contribution is 5.98. The van der Waals surface area contributed by atoms with Crippen molar-refractivity contribution in [2.24, 2.45) is 0 Å². The van der Waals surface area contributed by atoms with E-state index in [1.54, 1.807) is 12.1 Å². The first-order chi connectivity index (χ1) is 14.5. The number of halogens is 1. The van der Waals surface area contributed by atoms with E-state index in [1.807, 2.05) is 30.5 Å². The molecule has 2 aromatic carbocycles. The van der Waals surface area contributed by atoms with Crippen molar-refractivity contribution >= 4 is 23.2 Å². The third-order valence-corrected chi connectivity index (χ3v) is 4.49. The normalized spacial score (nSPS) is 10.0. The minimum absolute atomic E-state index is 0.105. The summed E-state index contributed by atoms with van der Waals surface area (Å²) in [4.78, 5) is 15.8. The summed E-state index contributed by atoms with van der Waals surface area (Å²) in [7, 11) is 1.41. The van der Waals surface area contributed by atoms with Gasteiger partial charge in [-0.05, 0) is 42.0 Å². The van der Waals surface area contributed by atoms with Gasteiger partial charge in [-0.15, -0.1) is 0 Å². The van der Waals surface area contributed by atoms with E-state index in [9.17, 15) is 9.65 Å². The number of fused-ring (bicyclic) bond motifs is 1. The van der Waals surface area contributed by atoms with Crippen molar-refractivity contribution in [2.45, 2.75) is 0 Å². The number of nitrogens with one attached hydrogen (secondary N) is 1. The lowest BCUT2D eigenvalue weighted by Gasteiger charge is -2.12. The fraction of sp³-hybridized carbons (Fsp3) is 0.0455. The smallest absolute Gasteiger partial charge is 0.290 e. The number of nitrogens with two attached hydrogens (primary N) is 1. The molecule has 2 aromatic heterocycles. The number of pyridine rings is 1. The molecule has 30 heavy (non-hydrogen) atoms. The average molecular weight is 404 g/mol. The second-order valence-corrected chi connectivity index (χ2v) is 6.13. The monoisotopic (exact) mass is 404 g/mol. The summed E-state index contributed by atoms with van der Waals surface area (Å²) in [6, 6.07) is 16.2. The number of hydrogen-bond acceptors (Lipinski definition) is 5. The number of nitrogen functional groups attached to an aromatic ring is 1. The molecule has 4 rings (SSSR count). The van der Waals surface area contributed by atoms with Gasteiger partial charge in [0.2, 0.25) is 0 Å². The van der Waals surface area contributed by atoms with Crippen LogP contribution in [0.1, 0.15) is 5.56 Å². The maximum Gasteiger partial charge on any atom is 0.290 e. The number of ether oxygens (including phenoxy) is 1. The Balaban J connectivity index is 0.000000806. The molecular formula is C22H17FN4O3. The van der Waals surface area contributed by atoms with Gasteiger partial charge in [0.1, 0.15) is 17.5 Å². The standard InChI is InChI=1S/C21H15FN4O.CH2O2/c1-27-20-6-5-12(9-17(20)22)19-10-15(16(11-23)21(24)26-19)13-3-2-4-18-14(13)7-8-25-18;2-1-3/h2-10,25H,1H3,(H2,24,26);1H,(H,2,3). The van der Waals surface area contributed by atoms with E-state index in [1.165, 1.54) is 19.2 Å². The van der Waals surface area contributed by atoms with Crippen molar-refractivity contribution < 1.29 is 19.0 Å². The van der Waals surface area contributed by atoms with Crippen LogP contribution in [0.25, 0.3) is 33.3 Å². The van der Waals surface area contributed by atoms with Gasteiger partial charge in [0.15, 0.2) is 11.6 Å². The van der Waals surface area contributed by atoms with E-state index >= 15 is 0 Å². The second-order valence-electron chi connectivity index (χ2n) is 6.13. The van der Waals surface area contributed by atoms with Gasteiger partial charge in [-0.25, -0.2) is 9.37 Å². The van der Waals surface area contributed by atoms with Crippen molar-refractivity contribution in [1.82, 2.24) is 9.97 Å². The number of nitriles is 1. The number of methoxy groups -OCH3 is 1. The van der Waals surface area contributed by atoms with E-state index in [-0.39, 0.29) is 18.0 Å². The number of benzene rings is 2. The first kappa shape index (κ1) is 20.4. The molecule has 2 heterocycles. The maximum absolute atomic E-state index is 14.1. The maximum atomic E-state index is 14.1. The highest BCUT2D eigenvalue weighted by Crippen LogP contribution is 2.35. The zero-order valence-corrected chi connectivity index (χ0v) is 15.9. The molecule has 0 spiro atoms. The Labute approximate surface area is 171 Å². The van der Waals surface area contributed by atoms with Crippen molar-refractivity contribution in [3.05, 3.63) is 66.1 Å². The lowest BCUT2D eigenvalue weighted by atomic mass is 9.96. The van der Waals surface area contributed by atoms with Crippen LogP contribution in [0, 0.1) is 17.1 Å². The zero-order valence-electron chi connectivity index (χ0n) is 15.9. The van der Waals surface area contributed by atoms with Crippen LogP contribution in [-0.4, -0.2) is 28.7 Å². The van der Waals surface area contributed by atoms with Crippen LogP contribution in [0.4, 0.5) is 10.2 Å². The number of H-pyrrole nitrogens is 1. The summed E-state index contributed by atoms with van der Waals surface area (Å²) in [6.45, 7) is -0.250. The molecule has 0 saturated carbocycles. The van der Waals surface area contributed by atoms with E-state index < -0.39 is 5.82 Å². The Morgan fingerprint density at radius 2 is 2.00 bits per heavy atom. The largest absolute Gasteiger partial charge is 0.494 e. The minimum atomic E-state index is -0.492. The quantitative estimate of drug-likeness (QED) is 0.440. The van der Waals surface area contributed by atoms with E-state index in [0.29, 0.717) is 22.4 Å². The summed E-state index contributed by atoms with van der Waals surface area (Å²) in [5.41, 5.74) is 9.84. The first-order valence-corrected chi connectivity index (χ1v) is 8.72.